The average molecular weight is 344 g/mol. The van der Waals surface area contributed by atoms with Crippen LogP contribution >= 0.6 is 0 Å². The lowest BCUT2D eigenvalue weighted by Crippen LogP contribution is -2.46. The second-order valence-electron chi connectivity index (χ2n) is 5.60. The number of nitrogens with zero attached hydrogens (tertiary/aromatic N) is 1. The maximum absolute atomic E-state index is 12.8. The third kappa shape index (κ3) is 6.15. The molecule has 0 atom stereocenters. The van der Waals surface area contributed by atoms with E-state index in [2.05, 4.69) is 4.72 Å². The Morgan fingerprint density at radius 1 is 1.30 bits per heavy atom. The van der Waals surface area contributed by atoms with Crippen molar-refractivity contribution in [3.8, 4) is 5.75 Å². The van der Waals surface area contributed by atoms with E-state index in [1.54, 1.807) is 4.90 Å². The minimum Gasteiger partial charge on any atom is -0.493 e. The first-order valence-corrected chi connectivity index (χ1v) is 9.36. The maximum atomic E-state index is 12.8. The van der Waals surface area contributed by atoms with E-state index in [9.17, 15) is 17.6 Å². The van der Waals surface area contributed by atoms with Gasteiger partial charge in [0, 0.05) is 19.1 Å². The molecule has 1 saturated heterocycles. The van der Waals surface area contributed by atoms with Crippen LogP contribution in [0.3, 0.4) is 0 Å². The highest BCUT2D eigenvalue weighted by Gasteiger charge is 2.24. The summed E-state index contributed by atoms with van der Waals surface area (Å²) in [6.45, 7) is 1.29. The number of hydrogen-bond acceptors (Lipinski definition) is 4. The Kier molecular flexibility index (Phi) is 5.95. The van der Waals surface area contributed by atoms with Gasteiger partial charge in [0.1, 0.15) is 11.6 Å². The average Bonchev–Trinajstić information content (AvgIpc) is 2.48. The van der Waals surface area contributed by atoms with Gasteiger partial charge in [-0.25, -0.2) is 17.5 Å². The topological polar surface area (TPSA) is 75.7 Å². The van der Waals surface area contributed by atoms with Crippen molar-refractivity contribution in [1.82, 2.24) is 9.62 Å². The second kappa shape index (κ2) is 7.74. The fourth-order valence-corrected chi connectivity index (χ4v) is 3.34. The lowest BCUT2D eigenvalue weighted by molar-refractivity contribution is -0.132. The minimum atomic E-state index is -3.21. The van der Waals surface area contributed by atoms with Gasteiger partial charge in [0.25, 0.3) is 0 Å². The first-order valence-electron chi connectivity index (χ1n) is 7.47. The van der Waals surface area contributed by atoms with Crippen molar-refractivity contribution >= 4 is 15.9 Å². The van der Waals surface area contributed by atoms with E-state index in [-0.39, 0.29) is 30.8 Å². The quantitative estimate of drug-likeness (QED) is 0.839. The molecule has 1 aliphatic rings. The summed E-state index contributed by atoms with van der Waals surface area (Å²) in [5.41, 5.74) is 0. The zero-order valence-electron chi connectivity index (χ0n) is 13.0. The Hall–Kier alpha value is -1.67. The maximum Gasteiger partial charge on any atom is 0.225 e. The van der Waals surface area contributed by atoms with Crippen molar-refractivity contribution in [3.05, 3.63) is 30.1 Å². The molecule has 2 rings (SSSR count). The molecule has 0 saturated carbocycles. The van der Waals surface area contributed by atoms with E-state index in [1.165, 1.54) is 24.3 Å². The molecule has 6 nitrogen and oxygen atoms in total. The number of amides is 1. The molecule has 1 heterocycles. The number of piperidine rings is 1. The Balaban J connectivity index is 1.70. The van der Waals surface area contributed by atoms with Crippen molar-refractivity contribution < 1.29 is 22.3 Å². The number of hydrogen-bond donors (Lipinski definition) is 1. The number of ether oxygens (including phenoxy) is 1. The van der Waals surface area contributed by atoms with Crippen LogP contribution in [0, 0.1) is 5.82 Å². The summed E-state index contributed by atoms with van der Waals surface area (Å²) >= 11 is 0. The van der Waals surface area contributed by atoms with Gasteiger partial charge in [-0.15, -0.1) is 0 Å². The van der Waals surface area contributed by atoms with Crippen molar-refractivity contribution in [2.45, 2.75) is 25.3 Å². The Bertz CT molecular complexity index is 625. The van der Waals surface area contributed by atoms with E-state index in [1.807, 2.05) is 0 Å². The van der Waals surface area contributed by atoms with Gasteiger partial charge in [-0.1, -0.05) is 0 Å². The normalized spacial score (nSPS) is 16.3. The summed E-state index contributed by atoms with van der Waals surface area (Å²) in [5.74, 6) is 0.166. The fraction of sp³-hybridized carbons (Fsp3) is 0.533. The van der Waals surface area contributed by atoms with Crippen LogP contribution in [0.15, 0.2) is 24.3 Å². The molecular formula is C15H21FN2O4S. The number of benzene rings is 1. The van der Waals surface area contributed by atoms with Crippen LogP contribution < -0.4 is 9.46 Å². The predicted octanol–water partition coefficient (Wildman–Crippen LogP) is 1.13. The highest BCUT2D eigenvalue weighted by atomic mass is 32.2. The molecule has 1 N–H and O–H groups in total. The molecule has 0 aliphatic carbocycles. The van der Waals surface area contributed by atoms with Gasteiger partial charge in [0.05, 0.1) is 19.3 Å². The number of carbonyl (C=O) groups excluding carboxylic acids is 1. The summed E-state index contributed by atoms with van der Waals surface area (Å²) in [5, 5.41) is 0. The number of rotatable bonds is 6. The fourth-order valence-electron chi connectivity index (χ4n) is 2.49. The second-order valence-corrected chi connectivity index (χ2v) is 7.38. The van der Waals surface area contributed by atoms with Crippen LogP contribution in [0.2, 0.25) is 0 Å². The molecule has 1 amide bonds. The van der Waals surface area contributed by atoms with Gasteiger partial charge < -0.3 is 9.64 Å². The highest BCUT2D eigenvalue weighted by Crippen LogP contribution is 2.14. The lowest BCUT2D eigenvalue weighted by Gasteiger charge is -2.32. The molecule has 0 unspecified atom stereocenters. The van der Waals surface area contributed by atoms with Gasteiger partial charge in [-0.3, -0.25) is 4.79 Å². The lowest BCUT2D eigenvalue weighted by atomic mass is 10.1. The molecule has 0 bridgehead atoms. The SMILES string of the molecule is CS(=O)(=O)NC1CCN(C(=O)CCOc2ccc(F)cc2)CC1. The molecule has 0 aromatic heterocycles. The number of halogens is 1. The zero-order chi connectivity index (χ0) is 16.9. The Morgan fingerprint density at radius 3 is 2.48 bits per heavy atom. The highest BCUT2D eigenvalue weighted by molar-refractivity contribution is 7.88. The van der Waals surface area contributed by atoms with E-state index in [0.29, 0.717) is 31.7 Å². The van der Waals surface area contributed by atoms with Gasteiger partial charge in [-0.05, 0) is 37.1 Å². The van der Waals surface area contributed by atoms with Crippen LogP contribution in [0.25, 0.3) is 0 Å². The molecule has 23 heavy (non-hydrogen) atoms. The zero-order valence-corrected chi connectivity index (χ0v) is 13.8. The van der Waals surface area contributed by atoms with E-state index >= 15 is 0 Å². The predicted molar refractivity (Wildman–Crippen MR) is 84.1 cm³/mol. The molecule has 1 aromatic rings. The third-order valence-corrected chi connectivity index (χ3v) is 4.39. The van der Waals surface area contributed by atoms with Crippen molar-refractivity contribution in [1.29, 1.82) is 0 Å². The first kappa shape index (κ1) is 17.7. The van der Waals surface area contributed by atoms with Crippen LogP contribution in [-0.4, -0.2) is 51.2 Å². The molecule has 0 spiro atoms. The molecule has 1 aromatic carbocycles. The summed E-state index contributed by atoms with van der Waals surface area (Å²) in [6, 6.07) is 5.53. The van der Waals surface area contributed by atoms with Crippen molar-refractivity contribution in [3.63, 3.8) is 0 Å². The molecule has 1 aliphatic heterocycles. The summed E-state index contributed by atoms with van der Waals surface area (Å²) in [6.07, 6.45) is 2.59. The largest absolute Gasteiger partial charge is 0.493 e. The van der Waals surface area contributed by atoms with Gasteiger partial charge in [0.15, 0.2) is 0 Å². The van der Waals surface area contributed by atoms with Gasteiger partial charge >= 0.3 is 0 Å². The summed E-state index contributed by atoms with van der Waals surface area (Å²) in [4.78, 5) is 13.8. The number of carbonyl (C=O) groups is 1. The Morgan fingerprint density at radius 2 is 1.91 bits per heavy atom. The smallest absolute Gasteiger partial charge is 0.225 e. The third-order valence-electron chi connectivity index (χ3n) is 3.63. The molecular weight excluding hydrogens is 323 g/mol. The number of nitrogens with one attached hydrogen (secondary N) is 1. The summed E-state index contributed by atoms with van der Waals surface area (Å²) in [7, 11) is -3.21. The number of likely N-dealkylation sites (tertiary alicyclic amines) is 1. The minimum absolute atomic E-state index is 0.0232. The van der Waals surface area contributed by atoms with Crippen molar-refractivity contribution in [2.24, 2.45) is 0 Å². The molecule has 128 valence electrons. The van der Waals surface area contributed by atoms with Crippen LogP contribution in [0.5, 0.6) is 5.75 Å². The Labute approximate surface area is 135 Å². The summed E-state index contributed by atoms with van der Waals surface area (Å²) < 4.78 is 43.1. The van der Waals surface area contributed by atoms with Gasteiger partial charge in [-0.2, -0.15) is 0 Å². The molecule has 0 radical (unpaired) electrons. The van der Waals surface area contributed by atoms with E-state index < -0.39 is 10.0 Å². The van der Waals surface area contributed by atoms with Gasteiger partial charge in [0.2, 0.25) is 15.9 Å². The van der Waals surface area contributed by atoms with Crippen LogP contribution in [0.4, 0.5) is 4.39 Å². The standard InChI is InChI=1S/C15H21FN2O4S/c1-23(20,21)17-13-6-9-18(10-7-13)15(19)8-11-22-14-4-2-12(16)3-5-14/h2-5,13,17H,6-11H2,1H3. The van der Waals surface area contributed by atoms with E-state index in [0.717, 1.165) is 6.26 Å². The number of sulfonamides is 1. The van der Waals surface area contributed by atoms with Crippen LogP contribution in [-0.2, 0) is 14.8 Å². The van der Waals surface area contributed by atoms with Crippen molar-refractivity contribution in [2.75, 3.05) is 26.0 Å². The monoisotopic (exact) mass is 344 g/mol. The first-order chi connectivity index (χ1) is 10.8. The van der Waals surface area contributed by atoms with E-state index in [4.69, 9.17) is 4.74 Å². The molecule has 1 fully saturated rings. The van der Waals surface area contributed by atoms with Crippen LogP contribution in [0.1, 0.15) is 19.3 Å². The molecule has 8 heteroatoms.